The van der Waals surface area contributed by atoms with Crippen LogP contribution in [0.1, 0.15) is 12.5 Å². The predicted molar refractivity (Wildman–Crippen MR) is 73.3 cm³/mol. The molecular weight excluding hydrogens is 311 g/mol. The maximum atomic E-state index is 12.9. The van der Waals surface area contributed by atoms with Gasteiger partial charge in [-0.25, -0.2) is 4.90 Å². The van der Waals surface area contributed by atoms with Crippen LogP contribution in [0.3, 0.4) is 0 Å². The van der Waals surface area contributed by atoms with E-state index in [2.05, 4.69) is 0 Å². The van der Waals surface area contributed by atoms with Crippen LogP contribution in [0.25, 0.3) is 0 Å². The average Bonchev–Trinajstić information content (AvgIpc) is 3.07. The van der Waals surface area contributed by atoms with Gasteiger partial charge in [-0.1, -0.05) is 18.2 Å². The highest BCUT2D eigenvalue weighted by Crippen LogP contribution is 2.52. The van der Waals surface area contributed by atoms with Crippen LogP contribution in [0.15, 0.2) is 36.4 Å². The van der Waals surface area contributed by atoms with Gasteiger partial charge in [-0.05, 0) is 25.1 Å². The summed E-state index contributed by atoms with van der Waals surface area (Å²) in [7, 11) is 0. The van der Waals surface area contributed by atoms with Crippen LogP contribution in [0.2, 0.25) is 0 Å². The third-order valence-electron chi connectivity index (χ3n) is 4.76. The molecule has 0 aromatic heterocycles. The van der Waals surface area contributed by atoms with E-state index in [0.29, 0.717) is 0 Å². The maximum absolute atomic E-state index is 12.9. The van der Waals surface area contributed by atoms with Crippen molar-refractivity contribution in [2.45, 2.75) is 24.8 Å². The van der Waals surface area contributed by atoms with Crippen LogP contribution in [0.4, 0.5) is 18.9 Å². The Bertz CT molecular complexity index is 757. The third-order valence-corrected chi connectivity index (χ3v) is 4.76. The molecule has 1 aromatic rings. The SMILES string of the molecule is C[C@@]12C=C[C@@H](O1)[C@H]1C(=O)N(c3cccc(C(F)(F)F)c3)C(=O)[C@H]12. The summed E-state index contributed by atoms with van der Waals surface area (Å²) in [6, 6.07) is 4.27. The molecule has 1 aromatic carbocycles. The van der Waals surface area contributed by atoms with Crippen molar-refractivity contribution >= 4 is 17.5 Å². The second-order valence-electron chi connectivity index (χ2n) is 6.19. The summed E-state index contributed by atoms with van der Waals surface area (Å²) in [5, 5.41) is 0. The molecule has 3 aliphatic heterocycles. The number of rotatable bonds is 1. The molecule has 0 aliphatic carbocycles. The van der Waals surface area contributed by atoms with Gasteiger partial charge in [0.2, 0.25) is 11.8 Å². The molecule has 0 N–H and O–H groups in total. The number of halogens is 3. The first kappa shape index (κ1) is 14.4. The number of anilines is 1. The van der Waals surface area contributed by atoms with E-state index in [1.165, 1.54) is 12.1 Å². The van der Waals surface area contributed by atoms with Gasteiger partial charge in [0, 0.05) is 0 Å². The van der Waals surface area contributed by atoms with E-state index in [1.807, 2.05) is 0 Å². The summed E-state index contributed by atoms with van der Waals surface area (Å²) in [5.41, 5.74) is -1.80. The van der Waals surface area contributed by atoms with Gasteiger partial charge in [-0.3, -0.25) is 9.59 Å². The number of nitrogens with zero attached hydrogens (tertiary/aromatic N) is 1. The van der Waals surface area contributed by atoms with Crippen LogP contribution in [-0.4, -0.2) is 23.5 Å². The van der Waals surface area contributed by atoms with Crippen molar-refractivity contribution < 1.29 is 27.5 Å². The standard InChI is InChI=1S/C16H12F3NO3/c1-15-6-5-10(23-15)11-12(15)14(22)20(13(11)21)9-4-2-3-8(7-9)16(17,18)19/h2-7,10-12H,1H3/t10-,11-,12+,15+/m1/s1. The molecule has 0 radical (unpaired) electrons. The lowest BCUT2D eigenvalue weighted by atomic mass is 9.78. The second-order valence-corrected chi connectivity index (χ2v) is 6.19. The van der Waals surface area contributed by atoms with E-state index < -0.39 is 47.1 Å². The zero-order valence-corrected chi connectivity index (χ0v) is 12.0. The molecule has 23 heavy (non-hydrogen) atoms. The lowest BCUT2D eigenvalue weighted by molar-refractivity contribution is -0.137. The Hall–Kier alpha value is -2.15. The van der Waals surface area contributed by atoms with Crippen molar-refractivity contribution in [2.75, 3.05) is 4.90 Å². The molecule has 3 heterocycles. The number of carbonyl (C=O) groups is 2. The van der Waals surface area contributed by atoms with Crippen molar-refractivity contribution in [3.8, 4) is 0 Å². The first-order valence-electron chi connectivity index (χ1n) is 7.15. The fourth-order valence-corrected chi connectivity index (χ4v) is 3.73. The Labute approximate surface area is 129 Å². The van der Waals surface area contributed by atoms with Gasteiger partial charge >= 0.3 is 6.18 Å². The fourth-order valence-electron chi connectivity index (χ4n) is 3.73. The number of amides is 2. The molecule has 2 amide bonds. The molecule has 4 atom stereocenters. The second kappa shape index (κ2) is 4.23. The average molecular weight is 323 g/mol. The molecule has 2 fully saturated rings. The van der Waals surface area contributed by atoms with Crippen molar-refractivity contribution in [3.05, 3.63) is 42.0 Å². The van der Waals surface area contributed by atoms with Crippen LogP contribution >= 0.6 is 0 Å². The highest BCUT2D eigenvalue weighted by molar-refractivity contribution is 6.23. The van der Waals surface area contributed by atoms with Crippen LogP contribution < -0.4 is 4.90 Å². The Morgan fingerprint density at radius 3 is 2.61 bits per heavy atom. The topological polar surface area (TPSA) is 46.6 Å². The van der Waals surface area contributed by atoms with E-state index in [4.69, 9.17) is 4.74 Å². The van der Waals surface area contributed by atoms with Gasteiger partial charge in [0.1, 0.15) is 0 Å². The molecule has 7 heteroatoms. The molecule has 0 saturated carbocycles. The van der Waals surface area contributed by atoms with Gasteiger partial charge in [0.25, 0.3) is 0 Å². The molecule has 2 bridgehead atoms. The van der Waals surface area contributed by atoms with Gasteiger partial charge in [-0.2, -0.15) is 13.2 Å². The fraction of sp³-hybridized carbons (Fsp3) is 0.375. The van der Waals surface area contributed by atoms with Crippen molar-refractivity contribution in [1.29, 1.82) is 0 Å². The summed E-state index contributed by atoms with van der Waals surface area (Å²) in [4.78, 5) is 26.1. The molecular formula is C16H12F3NO3. The van der Waals surface area contributed by atoms with Gasteiger partial charge < -0.3 is 4.74 Å². The smallest absolute Gasteiger partial charge is 0.362 e. The van der Waals surface area contributed by atoms with E-state index in [0.717, 1.165) is 17.0 Å². The number of fused-ring (bicyclic) bond motifs is 5. The number of benzene rings is 1. The largest absolute Gasteiger partial charge is 0.416 e. The van der Waals surface area contributed by atoms with E-state index in [1.54, 1.807) is 19.1 Å². The summed E-state index contributed by atoms with van der Waals surface area (Å²) in [6.45, 7) is 1.72. The van der Waals surface area contributed by atoms with Crippen LogP contribution in [0.5, 0.6) is 0 Å². The van der Waals surface area contributed by atoms with Crippen molar-refractivity contribution in [1.82, 2.24) is 0 Å². The predicted octanol–water partition coefficient (Wildman–Crippen LogP) is 2.54. The minimum absolute atomic E-state index is 0.0489. The maximum Gasteiger partial charge on any atom is 0.416 e. The highest BCUT2D eigenvalue weighted by atomic mass is 19.4. The van der Waals surface area contributed by atoms with Gasteiger partial charge in [0.05, 0.1) is 34.8 Å². The molecule has 4 rings (SSSR count). The van der Waals surface area contributed by atoms with E-state index >= 15 is 0 Å². The monoisotopic (exact) mass is 323 g/mol. The number of carbonyl (C=O) groups excluding carboxylic acids is 2. The van der Waals surface area contributed by atoms with Crippen LogP contribution in [-0.2, 0) is 20.5 Å². The molecule has 4 nitrogen and oxygen atoms in total. The number of hydrogen-bond acceptors (Lipinski definition) is 3. The summed E-state index contributed by atoms with van der Waals surface area (Å²) in [6.07, 6.45) is -1.54. The Morgan fingerprint density at radius 2 is 1.96 bits per heavy atom. The zero-order valence-electron chi connectivity index (χ0n) is 12.0. The lowest BCUT2D eigenvalue weighted by Crippen LogP contribution is -2.38. The summed E-state index contributed by atoms with van der Waals surface area (Å²) >= 11 is 0. The Morgan fingerprint density at radius 1 is 1.22 bits per heavy atom. The number of ether oxygens (including phenoxy) is 1. The lowest BCUT2D eigenvalue weighted by Gasteiger charge is -2.24. The van der Waals surface area contributed by atoms with E-state index in [-0.39, 0.29) is 5.69 Å². The highest BCUT2D eigenvalue weighted by Gasteiger charge is 2.66. The summed E-state index contributed by atoms with van der Waals surface area (Å²) < 4.78 is 44.2. The normalized spacial score (nSPS) is 35.3. The Balaban J connectivity index is 1.75. The molecule has 120 valence electrons. The molecule has 2 saturated heterocycles. The minimum atomic E-state index is -4.53. The quantitative estimate of drug-likeness (QED) is 0.589. The number of imide groups is 1. The first-order valence-corrected chi connectivity index (χ1v) is 7.15. The minimum Gasteiger partial charge on any atom is -0.362 e. The number of alkyl halides is 3. The third kappa shape index (κ3) is 1.83. The molecule has 3 aliphatic rings. The van der Waals surface area contributed by atoms with Gasteiger partial charge in [0.15, 0.2) is 0 Å². The molecule has 0 unspecified atom stereocenters. The van der Waals surface area contributed by atoms with Gasteiger partial charge in [-0.15, -0.1) is 0 Å². The molecule has 0 spiro atoms. The number of hydrogen-bond donors (Lipinski definition) is 0. The summed E-state index contributed by atoms with van der Waals surface area (Å²) in [5.74, 6) is -2.35. The Kier molecular flexibility index (Phi) is 2.65. The van der Waals surface area contributed by atoms with E-state index in [9.17, 15) is 22.8 Å². The van der Waals surface area contributed by atoms with Crippen molar-refractivity contribution in [3.63, 3.8) is 0 Å². The first-order chi connectivity index (χ1) is 10.7. The van der Waals surface area contributed by atoms with Crippen molar-refractivity contribution in [2.24, 2.45) is 11.8 Å². The van der Waals surface area contributed by atoms with Crippen LogP contribution in [0, 0.1) is 11.8 Å². The zero-order chi connectivity index (χ0) is 16.6.